The molecule has 0 aliphatic carbocycles. The molecule has 0 unspecified atom stereocenters. The second-order valence-electron chi connectivity index (χ2n) is 1.56. The molecule has 0 N–H and O–H groups in total. The number of allylic oxidation sites excluding steroid dienone is 1. The van der Waals surface area contributed by atoms with Crippen molar-refractivity contribution in [2.24, 2.45) is 0 Å². The first-order valence-electron chi connectivity index (χ1n) is 2.45. The van der Waals surface area contributed by atoms with E-state index in [9.17, 15) is 0 Å². The Morgan fingerprint density at radius 1 is 1.60 bits per heavy atom. The van der Waals surface area contributed by atoms with Crippen molar-refractivity contribution in [3.05, 3.63) is 22.7 Å². The monoisotopic (exact) mass is 149 g/mol. The molecule has 1 heterocycles. The van der Waals surface area contributed by atoms with Gasteiger partial charge in [-0.3, -0.25) is 0 Å². The van der Waals surface area contributed by atoms with E-state index >= 15 is 0 Å². The standard InChI is InChI=1S/C6H3N3S/c1-5-9(4-8)6(2-7)3-10-5/h3H,1H2. The van der Waals surface area contributed by atoms with Gasteiger partial charge in [0.05, 0.1) is 5.03 Å². The van der Waals surface area contributed by atoms with Crippen LogP contribution in [-0.2, 0) is 0 Å². The van der Waals surface area contributed by atoms with Gasteiger partial charge in [-0.1, -0.05) is 18.3 Å². The van der Waals surface area contributed by atoms with E-state index in [4.69, 9.17) is 10.5 Å². The molecule has 0 bridgehead atoms. The van der Waals surface area contributed by atoms with E-state index in [1.165, 1.54) is 16.7 Å². The predicted octanol–water partition coefficient (Wildman–Crippen LogP) is 1.35. The average molecular weight is 149 g/mol. The molecule has 10 heavy (non-hydrogen) atoms. The van der Waals surface area contributed by atoms with E-state index in [1.54, 1.807) is 5.41 Å². The molecular weight excluding hydrogens is 146 g/mol. The Kier molecular flexibility index (Phi) is 1.66. The van der Waals surface area contributed by atoms with Crippen LogP contribution in [-0.4, -0.2) is 4.90 Å². The van der Waals surface area contributed by atoms with Gasteiger partial charge in [0.2, 0.25) is 0 Å². The first-order valence-corrected chi connectivity index (χ1v) is 3.33. The molecule has 1 aliphatic heterocycles. The normalized spacial score (nSPS) is 16.0. The molecule has 48 valence electrons. The minimum absolute atomic E-state index is 0.345. The maximum absolute atomic E-state index is 8.45. The van der Waals surface area contributed by atoms with E-state index in [0.29, 0.717) is 10.7 Å². The van der Waals surface area contributed by atoms with Gasteiger partial charge in [0.25, 0.3) is 0 Å². The molecule has 0 atom stereocenters. The maximum atomic E-state index is 8.45. The van der Waals surface area contributed by atoms with Gasteiger partial charge in [-0.15, -0.1) is 0 Å². The van der Waals surface area contributed by atoms with Crippen molar-refractivity contribution in [2.75, 3.05) is 0 Å². The van der Waals surface area contributed by atoms with Crippen LogP contribution in [0.25, 0.3) is 0 Å². The van der Waals surface area contributed by atoms with Gasteiger partial charge in [-0.25, -0.2) is 4.90 Å². The topological polar surface area (TPSA) is 50.8 Å². The minimum atomic E-state index is 0.345. The number of hydrogen-bond donors (Lipinski definition) is 0. The highest BCUT2D eigenvalue weighted by molar-refractivity contribution is 8.06. The van der Waals surface area contributed by atoms with Crippen LogP contribution in [0.2, 0.25) is 0 Å². The highest BCUT2D eigenvalue weighted by Crippen LogP contribution is 2.31. The third-order valence-corrected chi connectivity index (χ3v) is 1.81. The van der Waals surface area contributed by atoms with Gasteiger partial charge in [0.1, 0.15) is 11.8 Å². The third-order valence-electron chi connectivity index (χ3n) is 1.01. The van der Waals surface area contributed by atoms with E-state index in [-0.39, 0.29) is 0 Å². The lowest BCUT2D eigenvalue weighted by Crippen LogP contribution is -2.07. The summed E-state index contributed by atoms with van der Waals surface area (Å²) in [6.45, 7) is 3.57. The molecule has 0 saturated carbocycles. The molecular formula is C6H3N3S. The van der Waals surface area contributed by atoms with Crippen LogP contribution < -0.4 is 0 Å². The summed E-state index contributed by atoms with van der Waals surface area (Å²) in [5.41, 5.74) is 0.345. The first kappa shape index (κ1) is 6.73. The Bertz CT molecular complexity index is 278. The zero-order valence-corrected chi connectivity index (χ0v) is 5.85. The number of nitrogens with zero attached hydrogens (tertiary/aromatic N) is 3. The Labute approximate surface area is 62.8 Å². The molecule has 0 aromatic heterocycles. The summed E-state index contributed by atoms with van der Waals surface area (Å²) in [5, 5.41) is 19.1. The Morgan fingerprint density at radius 2 is 2.30 bits per heavy atom. The van der Waals surface area contributed by atoms with Crippen LogP contribution in [0.1, 0.15) is 0 Å². The third kappa shape index (κ3) is 0.854. The van der Waals surface area contributed by atoms with Gasteiger partial charge < -0.3 is 0 Å². The van der Waals surface area contributed by atoms with Crippen LogP contribution >= 0.6 is 11.8 Å². The molecule has 0 aromatic rings. The Morgan fingerprint density at radius 3 is 2.70 bits per heavy atom. The molecule has 0 aromatic carbocycles. The van der Waals surface area contributed by atoms with E-state index in [0.717, 1.165) is 0 Å². The highest BCUT2D eigenvalue weighted by Gasteiger charge is 2.18. The van der Waals surface area contributed by atoms with E-state index in [2.05, 4.69) is 6.58 Å². The molecule has 3 nitrogen and oxygen atoms in total. The zero-order chi connectivity index (χ0) is 7.56. The van der Waals surface area contributed by atoms with Crippen LogP contribution in [0.4, 0.5) is 0 Å². The lowest BCUT2D eigenvalue weighted by molar-refractivity contribution is 0.676. The summed E-state index contributed by atoms with van der Waals surface area (Å²) in [7, 11) is 0. The summed E-state index contributed by atoms with van der Waals surface area (Å²) in [6.07, 6.45) is 1.84. The summed E-state index contributed by atoms with van der Waals surface area (Å²) >= 11 is 1.29. The average Bonchev–Trinajstić information content (AvgIpc) is 2.30. The molecule has 0 fully saturated rings. The molecule has 0 saturated heterocycles. The van der Waals surface area contributed by atoms with Crippen molar-refractivity contribution in [1.82, 2.24) is 4.90 Å². The zero-order valence-electron chi connectivity index (χ0n) is 5.03. The van der Waals surface area contributed by atoms with Crippen LogP contribution in [0.5, 0.6) is 0 Å². The quantitative estimate of drug-likeness (QED) is 0.488. The fourth-order valence-corrected chi connectivity index (χ4v) is 1.20. The molecule has 0 spiro atoms. The summed E-state index contributed by atoms with van der Waals surface area (Å²) < 4.78 is 0. The van der Waals surface area contributed by atoms with E-state index in [1.807, 2.05) is 12.3 Å². The van der Waals surface area contributed by atoms with Crippen molar-refractivity contribution in [2.45, 2.75) is 0 Å². The van der Waals surface area contributed by atoms with Crippen LogP contribution in [0.3, 0.4) is 0 Å². The SMILES string of the molecule is C=C1SC=C(C#N)N1C#N. The summed E-state index contributed by atoms with van der Waals surface area (Å²) in [6, 6.07) is 1.88. The van der Waals surface area contributed by atoms with Crippen LogP contribution in [0, 0.1) is 22.8 Å². The largest absolute Gasteiger partial charge is 0.231 e. The van der Waals surface area contributed by atoms with Crippen molar-refractivity contribution in [1.29, 1.82) is 10.5 Å². The number of nitriles is 2. The van der Waals surface area contributed by atoms with Gasteiger partial charge >= 0.3 is 0 Å². The van der Waals surface area contributed by atoms with Gasteiger partial charge in [0, 0.05) is 5.41 Å². The van der Waals surface area contributed by atoms with Gasteiger partial charge in [0.15, 0.2) is 6.19 Å². The van der Waals surface area contributed by atoms with Crippen molar-refractivity contribution >= 4 is 11.8 Å². The second kappa shape index (κ2) is 2.47. The molecule has 4 heteroatoms. The maximum Gasteiger partial charge on any atom is 0.190 e. The Balaban J connectivity index is 2.92. The fraction of sp³-hybridized carbons (Fsp3) is 0. The van der Waals surface area contributed by atoms with Crippen molar-refractivity contribution < 1.29 is 0 Å². The number of hydrogen-bond acceptors (Lipinski definition) is 4. The molecule has 1 aliphatic rings. The summed E-state index contributed by atoms with van der Waals surface area (Å²) in [4.78, 5) is 1.20. The second-order valence-corrected chi connectivity index (χ2v) is 2.50. The van der Waals surface area contributed by atoms with Gasteiger partial charge in [-0.2, -0.15) is 10.5 Å². The smallest absolute Gasteiger partial charge is 0.190 e. The lowest BCUT2D eigenvalue weighted by atomic mass is 10.5. The summed E-state index contributed by atoms with van der Waals surface area (Å²) in [5.74, 6) is 0. The molecule has 0 radical (unpaired) electrons. The predicted molar refractivity (Wildman–Crippen MR) is 37.9 cm³/mol. The fourth-order valence-electron chi connectivity index (χ4n) is 0.550. The number of rotatable bonds is 0. The number of thioether (sulfide) groups is 1. The van der Waals surface area contributed by atoms with Crippen molar-refractivity contribution in [3.8, 4) is 12.3 Å². The van der Waals surface area contributed by atoms with Gasteiger partial charge in [-0.05, 0) is 0 Å². The molecule has 0 amide bonds. The first-order chi connectivity index (χ1) is 4.79. The lowest BCUT2D eigenvalue weighted by Gasteiger charge is -2.04. The Hall–Kier alpha value is -1.39. The molecule has 1 rings (SSSR count). The van der Waals surface area contributed by atoms with Crippen molar-refractivity contribution in [3.63, 3.8) is 0 Å². The minimum Gasteiger partial charge on any atom is -0.231 e. The highest BCUT2D eigenvalue weighted by atomic mass is 32.2. The van der Waals surface area contributed by atoms with Crippen LogP contribution in [0.15, 0.2) is 22.7 Å². The van der Waals surface area contributed by atoms with E-state index < -0.39 is 0 Å².